The van der Waals surface area contributed by atoms with Crippen LogP contribution in [-0.4, -0.2) is 14.8 Å². The molecule has 148 valence electrons. The third-order valence-corrected chi connectivity index (χ3v) is 6.01. The summed E-state index contributed by atoms with van der Waals surface area (Å²) in [5, 5.41) is 10.5. The van der Waals surface area contributed by atoms with Crippen molar-refractivity contribution in [2.45, 2.75) is 30.7 Å². The van der Waals surface area contributed by atoms with Crippen molar-refractivity contribution in [2.75, 3.05) is 0 Å². The minimum Gasteiger partial charge on any atom is -0.268 e. The Hall–Kier alpha value is -3.36. The molecule has 1 atom stereocenters. The summed E-state index contributed by atoms with van der Waals surface area (Å²) in [7, 11) is 0. The first-order valence-electron chi connectivity index (χ1n) is 9.76. The van der Waals surface area contributed by atoms with Gasteiger partial charge in [-0.3, -0.25) is 9.36 Å². The summed E-state index contributed by atoms with van der Waals surface area (Å²) in [5.74, 6) is 0. The Bertz CT molecular complexity index is 1290. The highest BCUT2D eigenvalue weighted by atomic mass is 32.2. The second-order valence-corrected chi connectivity index (χ2v) is 8.48. The lowest BCUT2D eigenvalue weighted by Gasteiger charge is -2.15. The highest BCUT2D eigenvalue weighted by molar-refractivity contribution is 8.00. The quantitative estimate of drug-likeness (QED) is 0.333. The fraction of sp³-hybridized carbons (Fsp3) is 0.160. The van der Waals surface area contributed by atoms with Crippen LogP contribution in [0, 0.1) is 25.2 Å². The van der Waals surface area contributed by atoms with E-state index < -0.39 is 0 Å². The van der Waals surface area contributed by atoms with Crippen LogP contribution < -0.4 is 5.56 Å². The number of thioether (sulfide) groups is 1. The van der Waals surface area contributed by atoms with Gasteiger partial charge in [0.25, 0.3) is 5.56 Å². The summed E-state index contributed by atoms with van der Waals surface area (Å²) in [6.07, 6.45) is 0.581. The van der Waals surface area contributed by atoms with E-state index in [1.807, 2.05) is 80.6 Å². The number of benzene rings is 3. The van der Waals surface area contributed by atoms with Crippen LogP contribution in [0.15, 0.2) is 82.7 Å². The summed E-state index contributed by atoms with van der Waals surface area (Å²) < 4.78 is 1.62. The second-order valence-electron chi connectivity index (χ2n) is 7.31. The number of rotatable bonds is 5. The molecular weight excluding hydrogens is 390 g/mol. The SMILES string of the molecule is Cc1ccc(C[C@@H](C#N)Sc2nc3ccccc3c(=O)n2-c2ccc(C)cc2)cc1. The number of para-hydroxylation sites is 1. The van der Waals surface area contributed by atoms with Crippen molar-refractivity contribution in [3.63, 3.8) is 0 Å². The highest BCUT2D eigenvalue weighted by Gasteiger charge is 2.18. The summed E-state index contributed by atoms with van der Waals surface area (Å²) >= 11 is 1.33. The molecule has 0 aliphatic carbocycles. The largest absolute Gasteiger partial charge is 0.268 e. The molecule has 0 unspecified atom stereocenters. The molecule has 4 nitrogen and oxygen atoms in total. The van der Waals surface area contributed by atoms with E-state index in [-0.39, 0.29) is 10.8 Å². The molecule has 1 heterocycles. The molecule has 0 fully saturated rings. The topological polar surface area (TPSA) is 58.7 Å². The van der Waals surface area contributed by atoms with Crippen LogP contribution in [0.3, 0.4) is 0 Å². The van der Waals surface area contributed by atoms with Gasteiger partial charge in [-0.15, -0.1) is 0 Å². The maximum atomic E-state index is 13.3. The van der Waals surface area contributed by atoms with Gasteiger partial charge in [0, 0.05) is 0 Å². The normalized spacial score (nSPS) is 11.9. The number of aromatic nitrogens is 2. The van der Waals surface area contributed by atoms with E-state index in [4.69, 9.17) is 4.98 Å². The predicted molar refractivity (Wildman–Crippen MR) is 122 cm³/mol. The Labute approximate surface area is 179 Å². The van der Waals surface area contributed by atoms with Gasteiger partial charge in [-0.05, 0) is 50.1 Å². The molecule has 1 aromatic heterocycles. The minimum absolute atomic E-state index is 0.126. The van der Waals surface area contributed by atoms with E-state index in [2.05, 4.69) is 6.07 Å². The van der Waals surface area contributed by atoms with Crippen molar-refractivity contribution in [1.82, 2.24) is 9.55 Å². The third-order valence-electron chi connectivity index (χ3n) is 4.97. The number of hydrogen-bond acceptors (Lipinski definition) is 4. The van der Waals surface area contributed by atoms with E-state index in [0.717, 1.165) is 16.8 Å². The van der Waals surface area contributed by atoms with Gasteiger partial charge in [0.15, 0.2) is 5.16 Å². The monoisotopic (exact) mass is 411 g/mol. The molecule has 4 aromatic rings. The van der Waals surface area contributed by atoms with E-state index in [1.54, 1.807) is 10.6 Å². The lowest BCUT2D eigenvalue weighted by atomic mass is 10.1. The lowest BCUT2D eigenvalue weighted by Crippen LogP contribution is -2.22. The van der Waals surface area contributed by atoms with Gasteiger partial charge in [0.05, 0.1) is 22.7 Å². The van der Waals surface area contributed by atoms with Gasteiger partial charge in [-0.1, -0.05) is 71.4 Å². The van der Waals surface area contributed by atoms with Crippen LogP contribution in [0.25, 0.3) is 16.6 Å². The first kappa shape index (κ1) is 19.9. The number of fused-ring (bicyclic) bond motifs is 1. The predicted octanol–water partition coefficient (Wildman–Crippen LogP) is 5.23. The van der Waals surface area contributed by atoms with Gasteiger partial charge in [0.1, 0.15) is 5.25 Å². The summed E-state index contributed by atoms with van der Waals surface area (Å²) in [5.41, 5.74) is 4.65. The van der Waals surface area contributed by atoms with E-state index >= 15 is 0 Å². The number of aryl methyl sites for hydroxylation is 2. The molecule has 0 saturated carbocycles. The summed E-state index contributed by atoms with van der Waals surface area (Å²) in [6.45, 7) is 4.05. The molecule has 0 N–H and O–H groups in total. The van der Waals surface area contributed by atoms with Crippen molar-refractivity contribution in [1.29, 1.82) is 5.26 Å². The molecule has 0 spiro atoms. The summed E-state index contributed by atoms with van der Waals surface area (Å²) in [6, 6.07) is 25.7. The van der Waals surface area contributed by atoms with Crippen LogP contribution in [-0.2, 0) is 6.42 Å². The fourth-order valence-corrected chi connectivity index (χ4v) is 4.32. The number of nitriles is 1. The van der Waals surface area contributed by atoms with Crippen LogP contribution in [0.1, 0.15) is 16.7 Å². The number of nitrogens with zero attached hydrogens (tertiary/aromatic N) is 3. The standard InChI is InChI=1S/C25H21N3OS/c1-17-7-11-19(12-8-17)15-21(16-26)30-25-27-23-6-4-3-5-22(23)24(29)28(25)20-13-9-18(2)10-14-20/h3-14,21H,15H2,1-2H3/t21-/m0/s1. The fourth-order valence-electron chi connectivity index (χ4n) is 3.29. The smallest absolute Gasteiger partial charge is 0.266 e. The van der Waals surface area contributed by atoms with E-state index in [0.29, 0.717) is 22.5 Å². The Morgan fingerprint density at radius 2 is 1.60 bits per heavy atom. The van der Waals surface area contributed by atoms with Crippen LogP contribution in [0.2, 0.25) is 0 Å². The molecule has 0 radical (unpaired) electrons. The van der Waals surface area contributed by atoms with Gasteiger partial charge < -0.3 is 0 Å². The van der Waals surface area contributed by atoms with Crippen LogP contribution >= 0.6 is 11.8 Å². The van der Waals surface area contributed by atoms with Gasteiger partial charge in [-0.25, -0.2) is 4.98 Å². The zero-order valence-corrected chi connectivity index (χ0v) is 17.7. The van der Waals surface area contributed by atoms with Crippen LogP contribution in [0.5, 0.6) is 0 Å². The first-order valence-corrected chi connectivity index (χ1v) is 10.6. The zero-order chi connectivity index (χ0) is 21.1. The van der Waals surface area contributed by atoms with Gasteiger partial charge in [0.2, 0.25) is 0 Å². The van der Waals surface area contributed by atoms with E-state index in [9.17, 15) is 10.1 Å². The number of hydrogen-bond donors (Lipinski definition) is 0. The molecule has 4 rings (SSSR count). The minimum atomic E-state index is -0.363. The second kappa shape index (κ2) is 8.56. The Balaban J connectivity index is 1.79. The van der Waals surface area contributed by atoms with Crippen LogP contribution in [0.4, 0.5) is 0 Å². The third kappa shape index (κ3) is 4.14. The van der Waals surface area contributed by atoms with E-state index in [1.165, 1.54) is 17.3 Å². The molecule has 0 aliphatic rings. The zero-order valence-electron chi connectivity index (χ0n) is 16.9. The Morgan fingerprint density at radius 1 is 0.967 bits per heavy atom. The van der Waals surface area contributed by atoms with Crippen molar-refractivity contribution in [3.05, 3.63) is 99.8 Å². The molecule has 0 amide bonds. The van der Waals surface area contributed by atoms with Gasteiger partial charge >= 0.3 is 0 Å². The average molecular weight is 412 g/mol. The Kier molecular flexibility index (Phi) is 5.69. The molecular formula is C25H21N3OS. The molecule has 0 bridgehead atoms. The molecule has 30 heavy (non-hydrogen) atoms. The molecule has 0 saturated heterocycles. The van der Waals surface area contributed by atoms with Crippen molar-refractivity contribution < 1.29 is 0 Å². The van der Waals surface area contributed by atoms with Gasteiger partial charge in [-0.2, -0.15) is 5.26 Å². The molecule has 0 aliphatic heterocycles. The summed E-state index contributed by atoms with van der Waals surface area (Å²) in [4.78, 5) is 18.1. The Morgan fingerprint density at radius 3 is 2.27 bits per heavy atom. The van der Waals surface area contributed by atoms with Crippen molar-refractivity contribution >= 4 is 22.7 Å². The maximum absolute atomic E-state index is 13.3. The molecule has 3 aromatic carbocycles. The highest BCUT2D eigenvalue weighted by Crippen LogP contribution is 2.27. The molecule has 5 heteroatoms. The van der Waals surface area contributed by atoms with Crippen molar-refractivity contribution in [2.24, 2.45) is 0 Å². The lowest BCUT2D eigenvalue weighted by molar-refractivity contribution is 0.815. The van der Waals surface area contributed by atoms with Crippen molar-refractivity contribution in [3.8, 4) is 11.8 Å². The average Bonchev–Trinajstić information content (AvgIpc) is 2.76. The first-order chi connectivity index (χ1) is 14.5. The maximum Gasteiger partial charge on any atom is 0.266 e.